The van der Waals surface area contributed by atoms with E-state index in [2.05, 4.69) is 91.3 Å². The molecule has 0 radical (unpaired) electrons. The van der Waals surface area contributed by atoms with E-state index in [1.807, 2.05) is 0 Å². The molecule has 0 unspecified atom stereocenters. The maximum absolute atomic E-state index is 3.39. The second-order valence-electron chi connectivity index (χ2n) is 5.39. The van der Waals surface area contributed by atoms with E-state index in [1.54, 1.807) is 0 Å². The molecule has 0 saturated heterocycles. The van der Waals surface area contributed by atoms with Crippen molar-refractivity contribution < 1.29 is 0 Å². The van der Waals surface area contributed by atoms with Gasteiger partial charge in [0.25, 0.3) is 0 Å². The first-order valence-electron chi connectivity index (χ1n) is 8.13. The minimum atomic E-state index is 0. The van der Waals surface area contributed by atoms with Crippen molar-refractivity contribution in [2.75, 3.05) is 19.6 Å². The average Bonchev–Trinajstić information content (AvgIpc) is 2.60. The molecule has 0 aliphatic rings. The van der Waals surface area contributed by atoms with E-state index in [0.29, 0.717) is 5.92 Å². The van der Waals surface area contributed by atoms with Gasteiger partial charge in [-0.2, -0.15) is 0 Å². The highest BCUT2D eigenvalue weighted by atomic mass is 35.5. The summed E-state index contributed by atoms with van der Waals surface area (Å²) in [5, 5.41) is 0. The fourth-order valence-corrected chi connectivity index (χ4v) is 2.59. The van der Waals surface area contributed by atoms with Gasteiger partial charge in [-0.05, 0) is 24.2 Å². The molecular formula is C21H26ClN. The molecule has 0 aliphatic heterocycles. The van der Waals surface area contributed by atoms with E-state index in [-0.39, 0.29) is 12.4 Å². The number of hydrogen-bond acceptors (Lipinski definition) is 1. The summed E-state index contributed by atoms with van der Waals surface area (Å²) in [7, 11) is 0. The molecule has 0 fully saturated rings. The Morgan fingerprint density at radius 2 is 1.26 bits per heavy atom. The Kier molecular flexibility index (Phi) is 9.14. The zero-order chi connectivity index (χ0) is 15.6. The van der Waals surface area contributed by atoms with Crippen LogP contribution in [0.2, 0.25) is 0 Å². The van der Waals surface area contributed by atoms with Crippen LogP contribution in [0.5, 0.6) is 0 Å². The average molecular weight is 328 g/mol. The molecule has 0 bridgehead atoms. The van der Waals surface area contributed by atoms with Crippen LogP contribution in [-0.2, 0) is 0 Å². The molecule has 0 N–H and O–H groups in total. The van der Waals surface area contributed by atoms with Gasteiger partial charge in [0, 0.05) is 12.3 Å². The number of hydrogen-bond donors (Lipinski definition) is 0. The maximum atomic E-state index is 3.39. The molecule has 2 aromatic carbocycles. The summed E-state index contributed by atoms with van der Waals surface area (Å²) < 4.78 is 0. The molecule has 23 heavy (non-hydrogen) atoms. The van der Waals surface area contributed by atoms with Crippen molar-refractivity contribution in [1.29, 1.82) is 0 Å². The van der Waals surface area contributed by atoms with Crippen LogP contribution in [0.1, 0.15) is 37.3 Å². The number of nitrogens with zero attached hydrogens (tertiary/aromatic N) is 1. The smallest absolute Gasteiger partial charge is 0.0601 e. The molecule has 0 spiro atoms. The van der Waals surface area contributed by atoms with E-state index >= 15 is 0 Å². The molecule has 122 valence electrons. The van der Waals surface area contributed by atoms with Crippen molar-refractivity contribution in [3.63, 3.8) is 0 Å². The summed E-state index contributed by atoms with van der Waals surface area (Å²) >= 11 is 0. The van der Waals surface area contributed by atoms with Gasteiger partial charge in [-0.3, -0.25) is 4.90 Å². The predicted octanol–water partition coefficient (Wildman–Crippen LogP) is 4.98. The Bertz CT molecular complexity index is 554. The lowest BCUT2D eigenvalue weighted by Crippen LogP contribution is -2.22. The highest BCUT2D eigenvalue weighted by molar-refractivity contribution is 5.85. The lowest BCUT2D eigenvalue weighted by atomic mass is 9.89. The molecule has 0 saturated carbocycles. The SMILES string of the molecule is CCN(CC)CC#CCC(c1ccccc1)c1ccccc1.Cl. The Morgan fingerprint density at radius 3 is 1.70 bits per heavy atom. The number of halogens is 1. The van der Waals surface area contributed by atoms with Crippen molar-refractivity contribution in [1.82, 2.24) is 4.90 Å². The van der Waals surface area contributed by atoms with E-state index in [9.17, 15) is 0 Å². The zero-order valence-electron chi connectivity index (χ0n) is 14.0. The van der Waals surface area contributed by atoms with Gasteiger partial charge < -0.3 is 0 Å². The van der Waals surface area contributed by atoms with Gasteiger partial charge in [0.05, 0.1) is 6.54 Å². The van der Waals surface area contributed by atoms with Crippen LogP contribution >= 0.6 is 12.4 Å². The Balaban J connectivity index is 0.00000264. The van der Waals surface area contributed by atoms with Crippen molar-refractivity contribution in [2.24, 2.45) is 0 Å². The molecule has 0 aromatic heterocycles. The third-order valence-electron chi connectivity index (χ3n) is 4.03. The van der Waals surface area contributed by atoms with Crippen LogP contribution in [0, 0.1) is 11.8 Å². The highest BCUT2D eigenvalue weighted by Gasteiger charge is 2.12. The first kappa shape index (κ1) is 19.3. The van der Waals surface area contributed by atoms with E-state index < -0.39 is 0 Å². The molecule has 0 atom stereocenters. The highest BCUT2D eigenvalue weighted by Crippen LogP contribution is 2.27. The number of benzene rings is 2. The lowest BCUT2D eigenvalue weighted by molar-refractivity contribution is 0.342. The third kappa shape index (κ3) is 6.10. The van der Waals surface area contributed by atoms with Crippen molar-refractivity contribution in [3.8, 4) is 11.8 Å². The molecular weight excluding hydrogens is 302 g/mol. The fraction of sp³-hybridized carbons (Fsp3) is 0.333. The van der Waals surface area contributed by atoms with E-state index in [0.717, 1.165) is 26.1 Å². The van der Waals surface area contributed by atoms with Gasteiger partial charge in [0.1, 0.15) is 0 Å². The number of rotatable bonds is 6. The molecule has 1 nitrogen and oxygen atoms in total. The lowest BCUT2D eigenvalue weighted by Gasteiger charge is -2.16. The Labute approximate surface area is 147 Å². The molecule has 2 rings (SSSR count). The third-order valence-corrected chi connectivity index (χ3v) is 4.03. The second-order valence-corrected chi connectivity index (χ2v) is 5.39. The summed E-state index contributed by atoms with van der Waals surface area (Å²) in [6.07, 6.45) is 0.870. The van der Waals surface area contributed by atoms with E-state index in [1.165, 1.54) is 11.1 Å². The summed E-state index contributed by atoms with van der Waals surface area (Å²) in [6, 6.07) is 21.3. The van der Waals surface area contributed by atoms with Crippen LogP contribution < -0.4 is 0 Å². The van der Waals surface area contributed by atoms with Gasteiger partial charge >= 0.3 is 0 Å². The van der Waals surface area contributed by atoms with Crippen LogP contribution in [0.15, 0.2) is 60.7 Å². The topological polar surface area (TPSA) is 3.24 Å². The van der Waals surface area contributed by atoms with Gasteiger partial charge in [0.2, 0.25) is 0 Å². The molecule has 0 amide bonds. The predicted molar refractivity (Wildman–Crippen MR) is 102 cm³/mol. The zero-order valence-corrected chi connectivity index (χ0v) is 14.9. The summed E-state index contributed by atoms with van der Waals surface area (Å²) in [4.78, 5) is 2.34. The molecule has 2 aromatic rings. The van der Waals surface area contributed by atoms with Crippen LogP contribution in [0.3, 0.4) is 0 Å². The van der Waals surface area contributed by atoms with Crippen molar-refractivity contribution in [2.45, 2.75) is 26.2 Å². The Hall–Kier alpha value is -1.75. The van der Waals surface area contributed by atoms with Gasteiger partial charge in [-0.1, -0.05) is 80.4 Å². The van der Waals surface area contributed by atoms with Crippen LogP contribution in [0.25, 0.3) is 0 Å². The molecule has 0 heterocycles. The molecule has 0 aliphatic carbocycles. The minimum absolute atomic E-state index is 0. The van der Waals surface area contributed by atoms with Crippen LogP contribution in [-0.4, -0.2) is 24.5 Å². The van der Waals surface area contributed by atoms with Gasteiger partial charge in [-0.15, -0.1) is 18.3 Å². The van der Waals surface area contributed by atoms with Gasteiger partial charge in [-0.25, -0.2) is 0 Å². The van der Waals surface area contributed by atoms with E-state index in [4.69, 9.17) is 0 Å². The van der Waals surface area contributed by atoms with Crippen molar-refractivity contribution in [3.05, 3.63) is 71.8 Å². The summed E-state index contributed by atoms with van der Waals surface area (Å²) in [6.45, 7) is 7.35. The standard InChI is InChI=1S/C21H25N.ClH/c1-3-22(4-2)18-12-11-17-21(19-13-7-5-8-14-19)20-15-9-6-10-16-20;/h5-10,13-16,21H,3-4,17-18H2,1-2H3;1H. The fourth-order valence-electron chi connectivity index (χ4n) is 2.59. The Morgan fingerprint density at radius 1 is 0.783 bits per heavy atom. The summed E-state index contributed by atoms with van der Waals surface area (Å²) in [5.74, 6) is 7.08. The summed E-state index contributed by atoms with van der Waals surface area (Å²) in [5.41, 5.74) is 2.68. The molecule has 2 heteroatoms. The normalized spacial score (nSPS) is 10.1. The van der Waals surface area contributed by atoms with Crippen LogP contribution in [0.4, 0.5) is 0 Å². The van der Waals surface area contributed by atoms with Gasteiger partial charge in [0.15, 0.2) is 0 Å². The minimum Gasteiger partial charge on any atom is -0.293 e. The van der Waals surface area contributed by atoms with Crippen molar-refractivity contribution >= 4 is 12.4 Å². The first-order valence-corrected chi connectivity index (χ1v) is 8.13. The second kappa shape index (κ2) is 10.9. The monoisotopic (exact) mass is 327 g/mol. The maximum Gasteiger partial charge on any atom is 0.0601 e. The first-order chi connectivity index (χ1) is 10.8. The quantitative estimate of drug-likeness (QED) is 0.677. The largest absolute Gasteiger partial charge is 0.293 e.